The van der Waals surface area contributed by atoms with Crippen LogP contribution in [-0.2, 0) is 13.0 Å². The molecule has 5 heteroatoms. The van der Waals surface area contributed by atoms with E-state index in [4.69, 9.17) is 15.2 Å². The van der Waals surface area contributed by atoms with Crippen LogP contribution in [-0.4, -0.2) is 18.3 Å². The lowest BCUT2D eigenvalue weighted by atomic mass is 10.1. The predicted molar refractivity (Wildman–Crippen MR) is 83.0 cm³/mol. The summed E-state index contributed by atoms with van der Waals surface area (Å²) in [6, 6.07) is 8.89. The molecule has 2 N–H and O–H groups in total. The van der Waals surface area contributed by atoms with Gasteiger partial charge in [0.2, 0.25) is 0 Å². The molecule has 0 bridgehead atoms. The first kappa shape index (κ1) is 15.0. The van der Waals surface area contributed by atoms with Crippen molar-refractivity contribution in [3.63, 3.8) is 0 Å². The SMILES string of the molecule is CCc1ccc(OCCn2cc(N)ccc2=O)c(OC)c1. The zero-order chi connectivity index (χ0) is 15.2. The molecule has 0 unspecified atom stereocenters. The maximum atomic E-state index is 11.6. The number of rotatable bonds is 6. The highest BCUT2D eigenvalue weighted by molar-refractivity contribution is 5.43. The standard InChI is InChI=1S/C16H20N2O3/c1-3-12-4-6-14(15(10-12)20-2)21-9-8-18-11-13(17)5-7-16(18)19/h4-7,10-11H,3,8-9,17H2,1-2H3. The summed E-state index contributed by atoms with van der Waals surface area (Å²) in [5.41, 5.74) is 7.31. The Kier molecular flexibility index (Phi) is 4.87. The van der Waals surface area contributed by atoms with E-state index in [0.29, 0.717) is 30.3 Å². The van der Waals surface area contributed by atoms with Gasteiger partial charge in [-0.05, 0) is 30.2 Å². The maximum absolute atomic E-state index is 11.6. The van der Waals surface area contributed by atoms with E-state index in [1.807, 2.05) is 18.2 Å². The highest BCUT2D eigenvalue weighted by atomic mass is 16.5. The zero-order valence-electron chi connectivity index (χ0n) is 12.3. The number of hydrogen-bond donors (Lipinski definition) is 1. The third kappa shape index (κ3) is 3.78. The van der Waals surface area contributed by atoms with E-state index in [2.05, 4.69) is 6.92 Å². The Hall–Kier alpha value is -2.43. The second-order valence-electron chi connectivity index (χ2n) is 4.68. The van der Waals surface area contributed by atoms with Crippen molar-refractivity contribution >= 4 is 5.69 Å². The number of pyridine rings is 1. The Labute approximate surface area is 123 Å². The molecule has 0 atom stereocenters. The molecular formula is C16H20N2O3. The molecule has 0 radical (unpaired) electrons. The number of anilines is 1. The smallest absolute Gasteiger partial charge is 0.250 e. The van der Waals surface area contributed by atoms with Crippen LogP contribution in [0.2, 0.25) is 0 Å². The minimum absolute atomic E-state index is 0.0962. The average Bonchev–Trinajstić information content (AvgIpc) is 2.50. The van der Waals surface area contributed by atoms with Crippen LogP contribution >= 0.6 is 0 Å². The first-order valence-corrected chi connectivity index (χ1v) is 6.89. The highest BCUT2D eigenvalue weighted by Gasteiger charge is 2.05. The minimum atomic E-state index is -0.0962. The number of aromatic nitrogens is 1. The van der Waals surface area contributed by atoms with Crippen molar-refractivity contribution in [3.05, 3.63) is 52.4 Å². The number of nitrogen functional groups attached to an aromatic ring is 1. The summed E-state index contributed by atoms with van der Waals surface area (Å²) in [5, 5.41) is 0. The zero-order valence-corrected chi connectivity index (χ0v) is 12.3. The minimum Gasteiger partial charge on any atom is -0.493 e. The Balaban J connectivity index is 2.03. The molecule has 112 valence electrons. The Morgan fingerprint density at radius 2 is 2.00 bits per heavy atom. The van der Waals surface area contributed by atoms with Gasteiger partial charge in [-0.25, -0.2) is 0 Å². The third-order valence-electron chi connectivity index (χ3n) is 3.23. The monoisotopic (exact) mass is 288 g/mol. The summed E-state index contributed by atoms with van der Waals surface area (Å²) in [4.78, 5) is 11.6. The molecule has 0 saturated heterocycles. The Bertz CT molecular complexity index is 665. The molecule has 0 spiro atoms. The number of benzene rings is 1. The molecule has 2 aromatic rings. The van der Waals surface area contributed by atoms with Crippen LogP contribution in [0.15, 0.2) is 41.3 Å². The Morgan fingerprint density at radius 3 is 2.71 bits per heavy atom. The van der Waals surface area contributed by atoms with Gasteiger partial charge in [0, 0.05) is 18.0 Å². The summed E-state index contributed by atoms with van der Waals surface area (Å²) in [6.45, 7) is 2.88. The average molecular weight is 288 g/mol. The maximum Gasteiger partial charge on any atom is 0.250 e. The number of hydrogen-bond acceptors (Lipinski definition) is 4. The molecule has 0 saturated carbocycles. The molecule has 0 aliphatic rings. The van der Waals surface area contributed by atoms with Gasteiger partial charge in [-0.3, -0.25) is 4.79 Å². The second kappa shape index (κ2) is 6.83. The lowest BCUT2D eigenvalue weighted by Gasteiger charge is -2.12. The van der Waals surface area contributed by atoms with Crippen molar-refractivity contribution in [1.82, 2.24) is 4.57 Å². The van der Waals surface area contributed by atoms with Gasteiger partial charge in [-0.15, -0.1) is 0 Å². The van der Waals surface area contributed by atoms with Crippen LogP contribution in [0.5, 0.6) is 11.5 Å². The molecule has 0 fully saturated rings. The van der Waals surface area contributed by atoms with E-state index in [0.717, 1.165) is 6.42 Å². The van der Waals surface area contributed by atoms with Gasteiger partial charge < -0.3 is 19.8 Å². The molecule has 0 aliphatic heterocycles. The van der Waals surface area contributed by atoms with Crippen LogP contribution in [0.25, 0.3) is 0 Å². The summed E-state index contributed by atoms with van der Waals surface area (Å²) in [7, 11) is 1.62. The molecule has 1 aromatic heterocycles. The van der Waals surface area contributed by atoms with E-state index in [1.165, 1.54) is 16.2 Å². The van der Waals surface area contributed by atoms with E-state index < -0.39 is 0 Å². The van der Waals surface area contributed by atoms with Gasteiger partial charge in [0.1, 0.15) is 6.61 Å². The lowest BCUT2D eigenvalue weighted by Crippen LogP contribution is -2.22. The summed E-state index contributed by atoms with van der Waals surface area (Å²) in [6.07, 6.45) is 2.55. The normalized spacial score (nSPS) is 10.4. The van der Waals surface area contributed by atoms with E-state index in [-0.39, 0.29) is 5.56 Å². The third-order valence-corrected chi connectivity index (χ3v) is 3.23. The number of ether oxygens (including phenoxy) is 2. The van der Waals surface area contributed by atoms with E-state index in [9.17, 15) is 4.79 Å². The van der Waals surface area contributed by atoms with Gasteiger partial charge in [0.15, 0.2) is 11.5 Å². The summed E-state index contributed by atoms with van der Waals surface area (Å²) < 4.78 is 12.6. The van der Waals surface area contributed by atoms with Crippen LogP contribution in [0.4, 0.5) is 5.69 Å². The fraction of sp³-hybridized carbons (Fsp3) is 0.312. The largest absolute Gasteiger partial charge is 0.493 e. The molecule has 5 nitrogen and oxygen atoms in total. The fourth-order valence-corrected chi connectivity index (χ4v) is 2.03. The lowest BCUT2D eigenvalue weighted by molar-refractivity contribution is 0.278. The van der Waals surface area contributed by atoms with Crippen LogP contribution in [0.3, 0.4) is 0 Å². The summed E-state index contributed by atoms with van der Waals surface area (Å²) in [5.74, 6) is 1.38. The van der Waals surface area contributed by atoms with Gasteiger partial charge in [0.25, 0.3) is 5.56 Å². The fourth-order valence-electron chi connectivity index (χ4n) is 2.03. The molecule has 2 rings (SSSR count). The number of nitrogens with two attached hydrogens (primary N) is 1. The molecule has 0 aliphatic carbocycles. The van der Waals surface area contributed by atoms with Crippen molar-refractivity contribution in [2.75, 3.05) is 19.5 Å². The van der Waals surface area contributed by atoms with E-state index >= 15 is 0 Å². The van der Waals surface area contributed by atoms with Crippen molar-refractivity contribution in [2.24, 2.45) is 0 Å². The quantitative estimate of drug-likeness (QED) is 0.883. The highest BCUT2D eigenvalue weighted by Crippen LogP contribution is 2.28. The first-order valence-electron chi connectivity index (χ1n) is 6.89. The topological polar surface area (TPSA) is 66.5 Å². The van der Waals surface area contributed by atoms with Crippen LogP contribution < -0.4 is 20.8 Å². The number of nitrogens with zero attached hydrogens (tertiary/aromatic N) is 1. The van der Waals surface area contributed by atoms with Crippen LogP contribution in [0.1, 0.15) is 12.5 Å². The van der Waals surface area contributed by atoms with Gasteiger partial charge in [0.05, 0.1) is 13.7 Å². The van der Waals surface area contributed by atoms with Crippen molar-refractivity contribution < 1.29 is 9.47 Å². The van der Waals surface area contributed by atoms with Gasteiger partial charge in [-0.2, -0.15) is 0 Å². The Morgan fingerprint density at radius 1 is 1.19 bits per heavy atom. The second-order valence-corrected chi connectivity index (χ2v) is 4.68. The van der Waals surface area contributed by atoms with Crippen molar-refractivity contribution in [3.8, 4) is 11.5 Å². The number of aryl methyl sites for hydroxylation is 1. The van der Waals surface area contributed by atoms with Gasteiger partial charge >= 0.3 is 0 Å². The van der Waals surface area contributed by atoms with Crippen LogP contribution in [0, 0.1) is 0 Å². The molecule has 21 heavy (non-hydrogen) atoms. The van der Waals surface area contributed by atoms with Crippen molar-refractivity contribution in [1.29, 1.82) is 0 Å². The van der Waals surface area contributed by atoms with Crippen molar-refractivity contribution in [2.45, 2.75) is 19.9 Å². The molecule has 1 heterocycles. The molecule has 1 aromatic carbocycles. The summed E-state index contributed by atoms with van der Waals surface area (Å²) >= 11 is 0. The van der Waals surface area contributed by atoms with E-state index in [1.54, 1.807) is 19.4 Å². The first-order chi connectivity index (χ1) is 10.1. The molecule has 0 amide bonds. The predicted octanol–water partition coefficient (Wildman–Crippen LogP) is 2.08. The van der Waals surface area contributed by atoms with Gasteiger partial charge in [-0.1, -0.05) is 13.0 Å². The number of methoxy groups -OCH3 is 1. The molecular weight excluding hydrogens is 268 g/mol.